The second-order valence-corrected chi connectivity index (χ2v) is 7.41. The average Bonchev–Trinajstić information content (AvgIpc) is 3.19. The van der Waals surface area contributed by atoms with Gasteiger partial charge in [0.05, 0.1) is 17.2 Å². The van der Waals surface area contributed by atoms with Crippen LogP contribution in [0.25, 0.3) is 0 Å². The smallest absolute Gasteiger partial charge is 0.317 e. The molecule has 110 valence electrons. The minimum absolute atomic E-state index is 0.0849. The number of sulfone groups is 1. The molecular weight excluding hydrogens is 302 g/mol. The molecule has 1 aromatic carbocycles. The molecule has 0 heterocycles. The fourth-order valence-electron chi connectivity index (χ4n) is 2.00. The number of carboxylic acids is 1. The number of hydrogen-bond donors (Lipinski definition) is 1. The second-order valence-electron chi connectivity index (χ2n) is 4.87. The quantitative estimate of drug-likeness (QED) is 0.828. The number of aliphatic carboxylic acids is 1. The number of nitrogens with zero attached hydrogens (tertiary/aromatic N) is 1. The monoisotopic (exact) mass is 317 g/mol. The van der Waals surface area contributed by atoms with Gasteiger partial charge in [-0.2, -0.15) is 0 Å². The van der Waals surface area contributed by atoms with E-state index in [0.717, 1.165) is 12.8 Å². The lowest BCUT2D eigenvalue weighted by Crippen LogP contribution is -2.35. The van der Waals surface area contributed by atoms with E-state index in [0.29, 0.717) is 5.02 Å². The lowest BCUT2D eigenvalue weighted by atomic mass is 10.4. The predicted molar refractivity (Wildman–Crippen MR) is 75.7 cm³/mol. The van der Waals surface area contributed by atoms with Gasteiger partial charge < -0.3 is 5.11 Å². The van der Waals surface area contributed by atoms with Gasteiger partial charge in [0.25, 0.3) is 0 Å². The van der Waals surface area contributed by atoms with Crippen molar-refractivity contribution in [2.24, 2.45) is 0 Å². The molecule has 2 rings (SSSR count). The van der Waals surface area contributed by atoms with E-state index >= 15 is 0 Å². The first kappa shape index (κ1) is 15.3. The summed E-state index contributed by atoms with van der Waals surface area (Å²) in [5, 5.41) is 9.31. The van der Waals surface area contributed by atoms with Crippen LogP contribution in [-0.4, -0.2) is 49.3 Å². The first-order chi connectivity index (χ1) is 9.38. The van der Waals surface area contributed by atoms with E-state index in [1.54, 1.807) is 4.90 Å². The van der Waals surface area contributed by atoms with Crippen LogP contribution in [0, 0.1) is 0 Å². The van der Waals surface area contributed by atoms with Crippen LogP contribution in [0.4, 0.5) is 0 Å². The van der Waals surface area contributed by atoms with Gasteiger partial charge in [-0.25, -0.2) is 8.42 Å². The van der Waals surface area contributed by atoms with Crippen LogP contribution in [-0.2, 0) is 14.6 Å². The van der Waals surface area contributed by atoms with Gasteiger partial charge in [0, 0.05) is 17.6 Å². The van der Waals surface area contributed by atoms with E-state index in [4.69, 9.17) is 16.7 Å². The maximum Gasteiger partial charge on any atom is 0.317 e. The number of rotatable bonds is 7. The molecule has 1 saturated carbocycles. The fourth-order valence-corrected chi connectivity index (χ4v) is 3.39. The van der Waals surface area contributed by atoms with Gasteiger partial charge in [-0.3, -0.25) is 9.69 Å². The maximum absolute atomic E-state index is 12.2. The highest BCUT2D eigenvalue weighted by atomic mass is 35.5. The number of carboxylic acid groups (broad SMARTS) is 1. The molecule has 0 spiro atoms. The zero-order valence-electron chi connectivity index (χ0n) is 10.8. The fraction of sp³-hybridized carbons (Fsp3) is 0.462. The summed E-state index contributed by atoms with van der Waals surface area (Å²) in [6, 6.07) is 6.22. The number of benzene rings is 1. The van der Waals surface area contributed by atoms with Crippen molar-refractivity contribution in [1.29, 1.82) is 0 Å². The lowest BCUT2D eigenvalue weighted by molar-refractivity contribution is -0.138. The SMILES string of the molecule is O=C(O)CN(CCS(=O)(=O)c1ccc(Cl)cc1)C1CC1. The molecule has 1 aliphatic carbocycles. The summed E-state index contributed by atoms with van der Waals surface area (Å²) in [6.45, 7) is 0.128. The van der Waals surface area contributed by atoms with Crippen molar-refractivity contribution in [2.45, 2.75) is 23.8 Å². The molecular formula is C13H16ClNO4S. The van der Waals surface area contributed by atoms with Crippen LogP contribution in [0.1, 0.15) is 12.8 Å². The first-order valence-corrected chi connectivity index (χ1v) is 8.36. The Hall–Kier alpha value is -1.11. The third kappa shape index (κ3) is 4.19. The standard InChI is InChI=1S/C13H16ClNO4S/c14-10-1-5-12(6-2-10)20(18,19)8-7-15(9-13(16)17)11-3-4-11/h1-2,5-6,11H,3-4,7-9H2,(H,16,17). The van der Waals surface area contributed by atoms with Crippen molar-refractivity contribution >= 4 is 27.4 Å². The van der Waals surface area contributed by atoms with Crippen LogP contribution in [0.2, 0.25) is 5.02 Å². The molecule has 1 N–H and O–H groups in total. The summed E-state index contributed by atoms with van der Waals surface area (Å²) in [7, 11) is -3.41. The zero-order valence-corrected chi connectivity index (χ0v) is 12.4. The Labute approximate surface area is 123 Å². The van der Waals surface area contributed by atoms with Crippen molar-refractivity contribution in [2.75, 3.05) is 18.8 Å². The van der Waals surface area contributed by atoms with Gasteiger partial charge in [0.2, 0.25) is 0 Å². The first-order valence-electron chi connectivity index (χ1n) is 6.32. The molecule has 0 radical (unpaired) electrons. The van der Waals surface area contributed by atoms with Crippen molar-refractivity contribution < 1.29 is 18.3 Å². The molecule has 20 heavy (non-hydrogen) atoms. The third-order valence-electron chi connectivity index (χ3n) is 3.22. The second kappa shape index (κ2) is 6.11. The largest absolute Gasteiger partial charge is 0.480 e. The van der Waals surface area contributed by atoms with Crippen LogP contribution in [0.3, 0.4) is 0 Å². The van der Waals surface area contributed by atoms with E-state index < -0.39 is 15.8 Å². The molecule has 0 aliphatic heterocycles. The Kier molecular flexibility index (Phi) is 4.67. The highest BCUT2D eigenvalue weighted by Crippen LogP contribution is 2.26. The summed E-state index contributed by atoms with van der Waals surface area (Å²) >= 11 is 5.73. The summed E-state index contributed by atoms with van der Waals surface area (Å²) in [5.74, 6) is -1.01. The maximum atomic E-state index is 12.2. The Bertz CT molecular complexity index is 581. The van der Waals surface area contributed by atoms with Gasteiger partial charge in [-0.05, 0) is 37.1 Å². The summed E-state index contributed by atoms with van der Waals surface area (Å²) in [4.78, 5) is 12.7. The summed E-state index contributed by atoms with van der Waals surface area (Å²) in [6.07, 6.45) is 1.88. The minimum Gasteiger partial charge on any atom is -0.480 e. The molecule has 7 heteroatoms. The third-order valence-corrected chi connectivity index (χ3v) is 5.18. The molecule has 0 saturated heterocycles. The van der Waals surface area contributed by atoms with Crippen LogP contribution in [0.15, 0.2) is 29.2 Å². The Morgan fingerprint density at radius 2 is 1.90 bits per heavy atom. The van der Waals surface area contributed by atoms with Crippen LogP contribution in [0.5, 0.6) is 0 Å². The van der Waals surface area contributed by atoms with E-state index in [2.05, 4.69) is 0 Å². The van der Waals surface area contributed by atoms with Crippen molar-refractivity contribution in [3.05, 3.63) is 29.3 Å². The lowest BCUT2D eigenvalue weighted by Gasteiger charge is -2.19. The van der Waals surface area contributed by atoms with Crippen molar-refractivity contribution in [3.8, 4) is 0 Å². The molecule has 1 fully saturated rings. The number of carbonyl (C=O) groups is 1. The van der Waals surface area contributed by atoms with E-state index in [1.807, 2.05) is 0 Å². The molecule has 0 unspecified atom stereocenters. The molecule has 5 nitrogen and oxygen atoms in total. The number of halogens is 1. The van der Waals surface area contributed by atoms with Gasteiger partial charge in [0.1, 0.15) is 0 Å². The molecule has 1 aliphatic rings. The Morgan fingerprint density at radius 1 is 1.30 bits per heavy atom. The summed E-state index contributed by atoms with van der Waals surface area (Å²) < 4.78 is 24.3. The average molecular weight is 318 g/mol. The highest BCUT2D eigenvalue weighted by molar-refractivity contribution is 7.91. The normalized spacial score (nSPS) is 15.5. The Morgan fingerprint density at radius 3 is 2.40 bits per heavy atom. The van der Waals surface area contributed by atoms with E-state index in [1.165, 1.54) is 24.3 Å². The molecule has 0 bridgehead atoms. The zero-order chi connectivity index (χ0) is 14.8. The van der Waals surface area contributed by atoms with E-state index in [-0.39, 0.29) is 29.8 Å². The van der Waals surface area contributed by atoms with E-state index in [9.17, 15) is 13.2 Å². The van der Waals surface area contributed by atoms with Gasteiger partial charge in [0.15, 0.2) is 9.84 Å². The summed E-state index contributed by atoms with van der Waals surface area (Å²) in [5.41, 5.74) is 0. The van der Waals surface area contributed by atoms with Crippen molar-refractivity contribution in [1.82, 2.24) is 4.90 Å². The highest BCUT2D eigenvalue weighted by Gasteiger charge is 2.31. The topological polar surface area (TPSA) is 74.7 Å². The molecule has 1 aromatic rings. The van der Waals surface area contributed by atoms with Gasteiger partial charge >= 0.3 is 5.97 Å². The molecule has 0 atom stereocenters. The number of hydrogen-bond acceptors (Lipinski definition) is 4. The molecule has 0 amide bonds. The van der Waals surface area contributed by atoms with Crippen LogP contribution >= 0.6 is 11.6 Å². The van der Waals surface area contributed by atoms with Gasteiger partial charge in [-0.15, -0.1) is 0 Å². The Balaban J connectivity index is 2.00. The minimum atomic E-state index is -3.41. The van der Waals surface area contributed by atoms with Gasteiger partial charge in [-0.1, -0.05) is 11.6 Å². The van der Waals surface area contributed by atoms with Crippen LogP contribution < -0.4 is 0 Å². The predicted octanol–water partition coefficient (Wildman–Crippen LogP) is 1.66. The molecule has 0 aromatic heterocycles. The van der Waals surface area contributed by atoms with Crippen molar-refractivity contribution in [3.63, 3.8) is 0 Å².